The zero-order chi connectivity index (χ0) is 10.2. The van der Waals surface area contributed by atoms with Crippen molar-refractivity contribution >= 4 is 5.91 Å². The number of nitrogens with one attached hydrogen (secondary N) is 2. The van der Waals surface area contributed by atoms with Crippen LogP contribution in [0.1, 0.15) is 19.3 Å². The second-order valence-electron chi connectivity index (χ2n) is 3.69. The lowest BCUT2D eigenvalue weighted by Gasteiger charge is -2.22. The first kappa shape index (κ1) is 11.5. The molecule has 0 spiro atoms. The van der Waals surface area contributed by atoms with Crippen LogP contribution in [0.4, 0.5) is 0 Å². The summed E-state index contributed by atoms with van der Waals surface area (Å²) < 4.78 is 5.46. The lowest BCUT2D eigenvalue weighted by molar-refractivity contribution is -0.121. The van der Waals surface area contributed by atoms with Crippen LogP contribution in [0.2, 0.25) is 0 Å². The van der Waals surface area contributed by atoms with E-state index < -0.39 is 0 Å². The number of rotatable bonds is 5. The molecular weight excluding hydrogens is 180 g/mol. The molecule has 4 nitrogen and oxygen atoms in total. The fraction of sp³-hybridized carbons (Fsp3) is 0.900. The van der Waals surface area contributed by atoms with Crippen LogP contribution in [0.5, 0.6) is 0 Å². The van der Waals surface area contributed by atoms with Crippen LogP contribution in [-0.2, 0) is 9.53 Å². The Morgan fingerprint density at radius 3 is 2.86 bits per heavy atom. The van der Waals surface area contributed by atoms with Crippen LogP contribution in [0.25, 0.3) is 0 Å². The van der Waals surface area contributed by atoms with E-state index in [4.69, 9.17) is 4.74 Å². The molecule has 1 saturated heterocycles. The summed E-state index contributed by atoms with van der Waals surface area (Å²) in [6.07, 6.45) is 2.86. The summed E-state index contributed by atoms with van der Waals surface area (Å²) in [5.41, 5.74) is 0. The highest BCUT2D eigenvalue weighted by Crippen LogP contribution is 2.11. The Labute approximate surface area is 85.4 Å². The fourth-order valence-electron chi connectivity index (χ4n) is 1.59. The summed E-state index contributed by atoms with van der Waals surface area (Å²) >= 11 is 0. The number of hydrogen-bond donors (Lipinski definition) is 2. The van der Waals surface area contributed by atoms with E-state index in [1.165, 1.54) is 12.8 Å². The van der Waals surface area contributed by atoms with Crippen molar-refractivity contribution in [1.82, 2.24) is 10.6 Å². The van der Waals surface area contributed by atoms with E-state index in [1.807, 2.05) is 0 Å². The molecule has 14 heavy (non-hydrogen) atoms. The molecule has 0 saturated carbocycles. The Hall–Kier alpha value is -0.610. The molecule has 4 heteroatoms. The largest absolute Gasteiger partial charge is 0.381 e. The van der Waals surface area contributed by atoms with Crippen LogP contribution in [0.15, 0.2) is 0 Å². The first-order chi connectivity index (χ1) is 6.83. The van der Waals surface area contributed by atoms with Gasteiger partial charge in [0.25, 0.3) is 0 Å². The average molecular weight is 200 g/mol. The molecule has 0 bridgehead atoms. The monoisotopic (exact) mass is 200 g/mol. The summed E-state index contributed by atoms with van der Waals surface area (Å²) in [5, 5.41) is 5.89. The zero-order valence-corrected chi connectivity index (χ0v) is 8.84. The van der Waals surface area contributed by atoms with Crippen molar-refractivity contribution in [3.8, 4) is 0 Å². The number of hydrogen-bond acceptors (Lipinski definition) is 3. The molecule has 0 atom stereocenters. The highest BCUT2D eigenvalue weighted by Gasteiger charge is 2.12. The molecule has 0 radical (unpaired) electrons. The van der Waals surface area contributed by atoms with Crippen LogP contribution in [0, 0.1) is 5.92 Å². The third-order valence-electron chi connectivity index (χ3n) is 2.56. The normalized spacial score (nSPS) is 18.1. The van der Waals surface area contributed by atoms with Gasteiger partial charge in [-0.3, -0.25) is 4.79 Å². The molecule has 0 unspecified atom stereocenters. The van der Waals surface area contributed by atoms with Gasteiger partial charge < -0.3 is 15.4 Å². The van der Waals surface area contributed by atoms with Crippen LogP contribution < -0.4 is 10.6 Å². The third-order valence-corrected chi connectivity index (χ3v) is 2.56. The molecular formula is C10H20N2O2. The lowest BCUT2D eigenvalue weighted by Crippen LogP contribution is -2.30. The highest BCUT2D eigenvalue weighted by molar-refractivity contribution is 5.75. The van der Waals surface area contributed by atoms with Gasteiger partial charge in [0.05, 0.1) is 6.61 Å². The van der Waals surface area contributed by atoms with Crippen molar-refractivity contribution in [3.63, 3.8) is 0 Å². The summed E-state index contributed by atoms with van der Waals surface area (Å²) in [6.45, 7) is 3.55. The smallest absolute Gasteiger partial charge is 0.222 e. The van der Waals surface area contributed by atoms with Gasteiger partial charge in [0.1, 0.15) is 0 Å². The maximum Gasteiger partial charge on any atom is 0.222 e. The van der Waals surface area contributed by atoms with Crippen molar-refractivity contribution in [3.05, 3.63) is 0 Å². The average Bonchev–Trinajstić information content (AvgIpc) is 2.25. The Morgan fingerprint density at radius 1 is 1.50 bits per heavy atom. The number of piperidine rings is 1. The van der Waals surface area contributed by atoms with Gasteiger partial charge in [0, 0.05) is 20.1 Å². The molecule has 0 aromatic heterocycles. The molecule has 0 aromatic carbocycles. The van der Waals surface area contributed by atoms with E-state index in [2.05, 4.69) is 10.6 Å². The third kappa shape index (κ3) is 4.58. The van der Waals surface area contributed by atoms with E-state index in [1.54, 1.807) is 7.05 Å². The lowest BCUT2D eigenvalue weighted by atomic mass is 9.99. The molecule has 0 aliphatic carbocycles. The van der Waals surface area contributed by atoms with Crippen molar-refractivity contribution in [2.45, 2.75) is 19.3 Å². The first-order valence-electron chi connectivity index (χ1n) is 5.32. The van der Waals surface area contributed by atoms with Crippen molar-refractivity contribution in [1.29, 1.82) is 0 Å². The number of amides is 1. The predicted molar refractivity (Wildman–Crippen MR) is 55.1 cm³/mol. The molecule has 1 rings (SSSR count). The Kier molecular flexibility index (Phi) is 5.56. The zero-order valence-electron chi connectivity index (χ0n) is 8.84. The Morgan fingerprint density at radius 2 is 2.21 bits per heavy atom. The number of ether oxygens (including phenoxy) is 1. The molecule has 1 aliphatic rings. The van der Waals surface area contributed by atoms with Gasteiger partial charge in [-0.1, -0.05) is 0 Å². The van der Waals surface area contributed by atoms with E-state index >= 15 is 0 Å². The fourth-order valence-corrected chi connectivity index (χ4v) is 1.59. The Bertz CT molecular complexity index is 168. The van der Waals surface area contributed by atoms with Crippen LogP contribution >= 0.6 is 0 Å². The van der Waals surface area contributed by atoms with Crippen molar-refractivity contribution in [2.75, 3.05) is 33.4 Å². The summed E-state index contributed by atoms with van der Waals surface area (Å²) in [4.78, 5) is 10.9. The van der Waals surface area contributed by atoms with Gasteiger partial charge in [-0.25, -0.2) is 0 Å². The minimum Gasteiger partial charge on any atom is -0.381 e. The van der Waals surface area contributed by atoms with E-state index in [0.29, 0.717) is 18.9 Å². The first-order valence-corrected chi connectivity index (χ1v) is 5.32. The number of carbonyl (C=O) groups is 1. The summed E-state index contributed by atoms with van der Waals surface area (Å²) in [5.74, 6) is 0.733. The predicted octanol–water partition coefficient (Wildman–Crippen LogP) is 0.139. The van der Waals surface area contributed by atoms with Gasteiger partial charge in [-0.05, 0) is 31.8 Å². The molecule has 82 valence electrons. The minimum absolute atomic E-state index is 0.0512. The van der Waals surface area contributed by atoms with Gasteiger partial charge in [0.15, 0.2) is 0 Å². The standard InChI is InChI=1S/C10H20N2O2/c1-11-10(13)4-7-14-8-9-2-5-12-6-3-9/h9,12H,2-8H2,1H3,(H,11,13). The molecule has 0 aromatic rings. The minimum atomic E-state index is 0.0512. The van der Waals surface area contributed by atoms with Crippen molar-refractivity contribution in [2.24, 2.45) is 5.92 Å². The maximum absolute atomic E-state index is 10.9. The molecule has 1 amide bonds. The van der Waals surface area contributed by atoms with Gasteiger partial charge >= 0.3 is 0 Å². The second-order valence-corrected chi connectivity index (χ2v) is 3.69. The molecule has 1 aliphatic heterocycles. The van der Waals surface area contributed by atoms with E-state index in [-0.39, 0.29) is 5.91 Å². The Balaban J connectivity index is 1.94. The highest BCUT2D eigenvalue weighted by atomic mass is 16.5. The topological polar surface area (TPSA) is 50.4 Å². The van der Waals surface area contributed by atoms with Crippen molar-refractivity contribution < 1.29 is 9.53 Å². The quantitative estimate of drug-likeness (QED) is 0.621. The van der Waals surface area contributed by atoms with Gasteiger partial charge in [-0.2, -0.15) is 0 Å². The number of carbonyl (C=O) groups excluding carboxylic acids is 1. The van der Waals surface area contributed by atoms with E-state index in [9.17, 15) is 4.79 Å². The van der Waals surface area contributed by atoms with Gasteiger partial charge in [-0.15, -0.1) is 0 Å². The SMILES string of the molecule is CNC(=O)CCOCC1CCNCC1. The summed E-state index contributed by atoms with van der Waals surface area (Å²) in [6, 6.07) is 0. The van der Waals surface area contributed by atoms with E-state index in [0.717, 1.165) is 19.7 Å². The van der Waals surface area contributed by atoms with Crippen LogP contribution in [0.3, 0.4) is 0 Å². The maximum atomic E-state index is 10.9. The molecule has 2 N–H and O–H groups in total. The van der Waals surface area contributed by atoms with Crippen LogP contribution in [-0.4, -0.2) is 39.3 Å². The summed E-state index contributed by atoms with van der Waals surface area (Å²) in [7, 11) is 1.65. The molecule has 1 heterocycles. The van der Waals surface area contributed by atoms with Gasteiger partial charge in [0.2, 0.25) is 5.91 Å². The second kappa shape index (κ2) is 6.79. The molecule has 1 fully saturated rings.